The molecule has 0 aliphatic rings. The summed E-state index contributed by atoms with van der Waals surface area (Å²) in [4.78, 5) is 4.48. The second-order valence-corrected chi connectivity index (χ2v) is 11.4. The van der Waals surface area contributed by atoms with Gasteiger partial charge in [0.25, 0.3) is 5.35 Å². The van der Waals surface area contributed by atoms with Crippen LogP contribution in [0.25, 0.3) is 22.6 Å². The first-order valence-electron chi connectivity index (χ1n) is 8.67. The molecule has 0 fully saturated rings. The molecule has 3 rings (SSSR count). The molecule has 0 spiro atoms. The van der Waals surface area contributed by atoms with Gasteiger partial charge in [-0.05, 0) is 48.0 Å². The smallest absolute Gasteiger partial charge is 0.293 e. The molecule has 0 saturated heterocycles. The van der Waals surface area contributed by atoms with E-state index >= 15 is 0 Å². The summed E-state index contributed by atoms with van der Waals surface area (Å²) in [5, 5.41) is -0.0880. The van der Waals surface area contributed by atoms with Crippen molar-refractivity contribution in [3.8, 4) is 22.6 Å². The number of hydrogen-bond acceptors (Lipinski definition) is 6. The minimum Gasteiger partial charge on any atom is -0.427 e. The fourth-order valence-corrected chi connectivity index (χ4v) is 4.64. The summed E-state index contributed by atoms with van der Waals surface area (Å²) >= 11 is 5.97. The highest BCUT2D eigenvalue weighted by molar-refractivity contribution is 7.89. The van der Waals surface area contributed by atoms with E-state index < -0.39 is 20.0 Å². The van der Waals surface area contributed by atoms with E-state index in [1.807, 2.05) is 0 Å². The molecule has 0 amide bonds. The van der Waals surface area contributed by atoms with Gasteiger partial charge < -0.3 is 4.42 Å². The van der Waals surface area contributed by atoms with Crippen molar-refractivity contribution in [1.82, 2.24) is 13.6 Å². The normalized spacial score (nSPS) is 12.6. The van der Waals surface area contributed by atoms with Gasteiger partial charge in [-0.2, -0.15) is 4.98 Å². The van der Waals surface area contributed by atoms with E-state index in [4.69, 9.17) is 16.0 Å². The fourth-order valence-electron chi connectivity index (χ4n) is 2.67. The van der Waals surface area contributed by atoms with Gasteiger partial charge in [0.1, 0.15) is 5.69 Å². The molecule has 30 heavy (non-hydrogen) atoms. The number of rotatable bonds is 6. The van der Waals surface area contributed by atoms with Crippen molar-refractivity contribution in [2.75, 3.05) is 28.2 Å². The monoisotopic (exact) mass is 469 g/mol. The second kappa shape index (κ2) is 8.12. The molecule has 0 aliphatic heterocycles. The van der Waals surface area contributed by atoms with Crippen molar-refractivity contribution in [2.45, 2.75) is 9.79 Å². The van der Waals surface area contributed by atoms with E-state index in [0.29, 0.717) is 22.6 Å². The van der Waals surface area contributed by atoms with E-state index in [0.717, 1.165) is 8.61 Å². The Bertz CT molecular complexity index is 1170. The Morgan fingerprint density at radius 2 is 1.13 bits per heavy atom. The van der Waals surface area contributed by atoms with Gasteiger partial charge in [0.15, 0.2) is 5.76 Å². The largest absolute Gasteiger partial charge is 0.427 e. The van der Waals surface area contributed by atoms with Gasteiger partial charge >= 0.3 is 0 Å². The Labute approximate surface area is 180 Å². The summed E-state index contributed by atoms with van der Waals surface area (Å²) in [7, 11) is -1.29. The number of nitrogens with zero attached hydrogens (tertiary/aromatic N) is 3. The lowest BCUT2D eigenvalue weighted by Crippen LogP contribution is -2.22. The summed E-state index contributed by atoms with van der Waals surface area (Å²) < 4.78 is 56.8. The zero-order valence-corrected chi connectivity index (χ0v) is 19.1. The third-order valence-electron chi connectivity index (χ3n) is 4.40. The third-order valence-corrected chi connectivity index (χ3v) is 8.22. The molecular weight excluding hydrogens is 450 g/mol. The van der Waals surface area contributed by atoms with E-state index in [2.05, 4.69) is 4.98 Å². The minimum absolute atomic E-state index is 0.0880. The molecule has 8 nitrogen and oxygen atoms in total. The molecule has 11 heteroatoms. The van der Waals surface area contributed by atoms with Crippen LogP contribution in [-0.4, -0.2) is 58.6 Å². The summed E-state index contributed by atoms with van der Waals surface area (Å²) in [5.41, 5.74) is 1.59. The van der Waals surface area contributed by atoms with E-state index in [1.165, 1.54) is 52.5 Å². The summed E-state index contributed by atoms with van der Waals surface area (Å²) in [5.74, 6) is 0.344. The predicted molar refractivity (Wildman–Crippen MR) is 114 cm³/mol. The van der Waals surface area contributed by atoms with Gasteiger partial charge in [-0.3, -0.25) is 0 Å². The van der Waals surface area contributed by atoms with Crippen LogP contribution in [0.15, 0.2) is 62.7 Å². The van der Waals surface area contributed by atoms with Gasteiger partial charge in [0, 0.05) is 39.3 Å². The highest BCUT2D eigenvalue weighted by atomic mass is 35.5. The van der Waals surface area contributed by atoms with Crippen LogP contribution < -0.4 is 0 Å². The third kappa shape index (κ3) is 4.14. The molecule has 3 aromatic rings. The summed E-state index contributed by atoms with van der Waals surface area (Å²) in [6, 6.07) is 12.3. The minimum atomic E-state index is -3.56. The molecule has 0 unspecified atom stereocenters. The van der Waals surface area contributed by atoms with Crippen molar-refractivity contribution in [3.63, 3.8) is 0 Å². The Morgan fingerprint density at radius 1 is 0.733 bits per heavy atom. The zero-order chi connectivity index (χ0) is 22.3. The highest BCUT2D eigenvalue weighted by Gasteiger charge is 2.21. The van der Waals surface area contributed by atoms with E-state index in [1.54, 1.807) is 24.3 Å². The van der Waals surface area contributed by atoms with Crippen LogP contribution in [0.1, 0.15) is 0 Å². The van der Waals surface area contributed by atoms with Crippen LogP contribution in [0.2, 0.25) is 5.35 Å². The molecule has 1 heterocycles. The number of sulfonamides is 2. The first-order chi connectivity index (χ1) is 13.9. The van der Waals surface area contributed by atoms with Crippen molar-refractivity contribution in [2.24, 2.45) is 0 Å². The van der Waals surface area contributed by atoms with Crippen LogP contribution in [-0.2, 0) is 20.0 Å². The highest BCUT2D eigenvalue weighted by Crippen LogP contribution is 2.35. The number of oxazole rings is 1. The van der Waals surface area contributed by atoms with Gasteiger partial charge in [-0.25, -0.2) is 25.4 Å². The molecular formula is C19H20ClN3O5S2. The molecule has 160 valence electrons. The molecule has 1 aromatic heterocycles. The van der Waals surface area contributed by atoms with Gasteiger partial charge in [-0.1, -0.05) is 12.1 Å². The van der Waals surface area contributed by atoms with Crippen LogP contribution in [0, 0.1) is 0 Å². The molecule has 0 atom stereocenters. The van der Waals surface area contributed by atoms with Crippen molar-refractivity contribution < 1.29 is 21.3 Å². The quantitative estimate of drug-likeness (QED) is 0.549. The lowest BCUT2D eigenvalue weighted by molar-refractivity contribution is 0.519. The Balaban J connectivity index is 2.02. The number of hydrogen-bond donors (Lipinski definition) is 0. The first kappa shape index (κ1) is 22.4. The molecule has 0 saturated carbocycles. The summed E-state index contributed by atoms with van der Waals surface area (Å²) in [6.45, 7) is 0. The van der Waals surface area contributed by atoms with Gasteiger partial charge in [-0.15, -0.1) is 0 Å². The Hall–Kier alpha value is -2.24. The molecule has 0 aliphatic carbocycles. The topological polar surface area (TPSA) is 101 Å². The SMILES string of the molecule is CN(C)S(=O)(=O)c1ccc(-c2nc(Cl)oc2-c2ccc(S(=O)(=O)N(C)C)cc2)cc1. The van der Waals surface area contributed by atoms with Gasteiger partial charge in [0.05, 0.1) is 9.79 Å². The van der Waals surface area contributed by atoms with Gasteiger partial charge in [0.2, 0.25) is 20.0 Å². The lowest BCUT2D eigenvalue weighted by Gasteiger charge is -2.12. The predicted octanol–water partition coefficient (Wildman–Crippen LogP) is 3.16. The Kier molecular flexibility index (Phi) is 6.08. The fraction of sp³-hybridized carbons (Fsp3) is 0.211. The molecule has 2 aromatic carbocycles. The average Bonchev–Trinajstić information content (AvgIpc) is 3.09. The first-order valence-corrected chi connectivity index (χ1v) is 11.9. The number of benzene rings is 2. The number of aromatic nitrogens is 1. The maximum absolute atomic E-state index is 12.3. The lowest BCUT2D eigenvalue weighted by atomic mass is 10.1. The van der Waals surface area contributed by atoms with E-state index in [9.17, 15) is 16.8 Å². The van der Waals surface area contributed by atoms with Crippen LogP contribution in [0.3, 0.4) is 0 Å². The van der Waals surface area contributed by atoms with Crippen LogP contribution in [0.5, 0.6) is 0 Å². The number of halogens is 1. The molecule has 0 N–H and O–H groups in total. The van der Waals surface area contributed by atoms with E-state index in [-0.39, 0.29) is 15.1 Å². The Morgan fingerprint density at radius 3 is 1.53 bits per heavy atom. The maximum atomic E-state index is 12.3. The van der Waals surface area contributed by atoms with Crippen molar-refractivity contribution in [1.29, 1.82) is 0 Å². The maximum Gasteiger partial charge on any atom is 0.293 e. The zero-order valence-electron chi connectivity index (χ0n) is 16.7. The van der Waals surface area contributed by atoms with Crippen LogP contribution in [0.4, 0.5) is 0 Å². The molecule has 0 radical (unpaired) electrons. The van der Waals surface area contributed by atoms with Crippen molar-refractivity contribution in [3.05, 3.63) is 53.9 Å². The second-order valence-electron chi connectivity index (χ2n) is 6.77. The molecule has 0 bridgehead atoms. The summed E-state index contributed by atoms with van der Waals surface area (Å²) in [6.07, 6.45) is 0. The van der Waals surface area contributed by atoms with Crippen molar-refractivity contribution >= 4 is 31.6 Å². The standard InChI is InChI=1S/C19H20ClN3O5S2/c1-22(2)29(24,25)15-9-5-13(6-10-15)17-18(28-19(20)21-17)14-7-11-16(12-8-14)30(26,27)23(3)4/h5-12H,1-4H3. The average molecular weight is 470 g/mol. The van der Waals surface area contributed by atoms with Crippen LogP contribution >= 0.6 is 11.6 Å².